The first-order valence-corrected chi connectivity index (χ1v) is 11.3. The number of ether oxygens (including phenoxy) is 1. The highest BCUT2D eigenvalue weighted by molar-refractivity contribution is 6.28. The molecule has 1 aliphatic rings. The molecule has 0 saturated carbocycles. The Hall–Kier alpha value is -4.29. The molecule has 1 atom stereocenters. The number of nitrogens with two attached hydrogens (primary N) is 1. The molecule has 0 spiro atoms. The van der Waals surface area contributed by atoms with Gasteiger partial charge in [-0.2, -0.15) is 9.97 Å². The molecule has 1 saturated heterocycles. The van der Waals surface area contributed by atoms with Crippen LogP contribution in [0.2, 0.25) is 5.28 Å². The van der Waals surface area contributed by atoms with Crippen LogP contribution in [-0.4, -0.2) is 43.0 Å². The second-order valence-corrected chi connectivity index (χ2v) is 8.35. The van der Waals surface area contributed by atoms with Gasteiger partial charge in [0, 0.05) is 13.1 Å². The fraction of sp³-hybridized carbons (Fsp3) is 0.200. The van der Waals surface area contributed by atoms with Crippen molar-refractivity contribution in [2.75, 3.05) is 18.8 Å². The number of anilines is 1. The van der Waals surface area contributed by atoms with Crippen LogP contribution in [0.1, 0.15) is 19.4 Å². The van der Waals surface area contributed by atoms with Crippen molar-refractivity contribution in [1.82, 2.24) is 24.0 Å². The number of carbonyl (C=O) groups excluding carboxylic acids is 1. The Labute approximate surface area is 205 Å². The van der Waals surface area contributed by atoms with Crippen LogP contribution in [0.25, 0.3) is 16.9 Å². The van der Waals surface area contributed by atoms with Gasteiger partial charge in [-0.05, 0) is 67.3 Å². The minimum absolute atomic E-state index is 0.0599. The first-order valence-electron chi connectivity index (χ1n) is 11.0. The molecule has 35 heavy (non-hydrogen) atoms. The van der Waals surface area contributed by atoms with Gasteiger partial charge in [-0.3, -0.25) is 13.9 Å². The molecule has 1 amide bonds. The lowest BCUT2D eigenvalue weighted by Crippen LogP contribution is -2.31. The Morgan fingerprint density at radius 3 is 2.54 bits per heavy atom. The van der Waals surface area contributed by atoms with Gasteiger partial charge in [0.25, 0.3) is 5.91 Å². The van der Waals surface area contributed by atoms with E-state index in [0.717, 1.165) is 0 Å². The van der Waals surface area contributed by atoms with Gasteiger partial charge in [0.1, 0.15) is 17.0 Å². The van der Waals surface area contributed by atoms with E-state index in [1.165, 1.54) is 4.57 Å². The van der Waals surface area contributed by atoms with Crippen molar-refractivity contribution in [3.05, 3.63) is 70.4 Å². The lowest BCUT2D eigenvalue weighted by atomic mass is 10.2. The number of aromatic nitrogens is 4. The summed E-state index contributed by atoms with van der Waals surface area (Å²) in [6, 6.07) is 16.2. The van der Waals surface area contributed by atoms with Gasteiger partial charge < -0.3 is 15.4 Å². The largest absolute Gasteiger partial charge is 0.457 e. The second-order valence-electron chi connectivity index (χ2n) is 8.02. The molecular formula is C25H21ClN6O3. The summed E-state index contributed by atoms with van der Waals surface area (Å²) in [5.74, 6) is 6.31. The van der Waals surface area contributed by atoms with Crippen LogP contribution in [-0.2, 0) is 4.79 Å². The molecule has 2 N–H and O–H groups in total. The van der Waals surface area contributed by atoms with E-state index in [9.17, 15) is 9.59 Å². The van der Waals surface area contributed by atoms with Crippen molar-refractivity contribution in [3.8, 4) is 29.0 Å². The van der Waals surface area contributed by atoms with Crippen molar-refractivity contribution in [2.45, 2.75) is 19.4 Å². The second kappa shape index (κ2) is 9.16. The molecule has 1 aliphatic heterocycles. The van der Waals surface area contributed by atoms with Crippen LogP contribution in [0.4, 0.5) is 5.82 Å². The van der Waals surface area contributed by atoms with Crippen LogP contribution in [0.3, 0.4) is 0 Å². The standard InChI is InChI=1S/C25H21ClN6O3/c1-2-6-20(33)30-14-13-17(15-30)32-23-21(22(27)28-24(26)29-23)31(25(32)34)16-9-11-19(12-10-16)35-18-7-4-3-5-8-18/h3-5,7-12,17H,13-15H2,1H3,(H2,27,28,29)/t17-/m1/s1. The van der Waals surface area contributed by atoms with Gasteiger partial charge in [-0.1, -0.05) is 24.1 Å². The van der Waals surface area contributed by atoms with Gasteiger partial charge >= 0.3 is 5.69 Å². The number of halogens is 1. The van der Waals surface area contributed by atoms with E-state index in [0.29, 0.717) is 47.9 Å². The Kier molecular flexibility index (Phi) is 5.89. The number of carbonyl (C=O) groups is 1. The summed E-state index contributed by atoms with van der Waals surface area (Å²) < 4.78 is 8.86. The zero-order chi connectivity index (χ0) is 24.5. The molecule has 176 valence electrons. The van der Waals surface area contributed by atoms with Crippen molar-refractivity contribution >= 4 is 34.5 Å². The maximum atomic E-state index is 13.7. The molecule has 3 heterocycles. The molecule has 1 fully saturated rings. The van der Waals surface area contributed by atoms with Crippen molar-refractivity contribution in [3.63, 3.8) is 0 Å². The van der Waals surface area contributed by atoms with E-state index < -0.39 is 0 Å². The lowest BCUT2D eigenvalue weighted by molar-refractivity contribution is -0.124. The number of likely N-dealkylation sites (tertiary alicyclic amines) is 1. The Bertz CT molecular complexity index is 1530. The van der Waals surface area contributed by atoms with Gasteiger partial charge in [-0.25, -0.2) is 4.79 Å². The number of benzene rings is 2. The maximum Gasteiger partial charge on any atom is 0.335 e. The third-order valence-electron chi connectivity index (χ3n) is 5.84. The van der Waals surface area contributed by atoms with Crippen LogP contribution in [0.15, 0.2) is 59.4 Å². The van der Waals surface area contributed by atoms with Gasteiger partial charge in [-0.15, -0.1) is 0 Å². The van der Waals surface area contributed by atoms with Crippen molar-refractivity contribution < 1.29 is 9.53 Å². The highest BCUT2D eigenvalue weighted by Gasteiger charge is 2.32. The maximum absolute atomic E-state index is 13.7. The predicted octanol–water partition coefficient (Wildman–Crippen LogP) is 3.41. The SMILES string of the molecule is CC#CC(=O)N1CC[C@@H](n2c(=O)n(-c3ccc(Oc4ccccc4)cc3)c3c(N)nc(Cl)nc32)C1. The van der Waals surface area contributed by atoms with E-state index in [1.807, 2.05) is 30.3 Å². The number of para-hydroxylation sites is 1. The smallest absolute Gasteiger partial charge is 0.335 e. The van der Waals surface area contributed by atoms with E-state index >= 15 is 0 Å². The summed E-state index contributed by atoms with van der Waals surface area (Å²) in [6.45, 7) is 2.43. The summed E-state index contributed by atoms with van der Waals surface area (Å²) in [5, 5.41) is -0.0599. The first-order chi connectivity index (χ1) is 17.0. The number of fused-ring (bicyclic) bond motifs is 1. The topological polar surface area (TPSA) is 108 Å². The molecule has 5 rings (SSSR count). The van der Waals surface area contributed by atoms with Crippen LogP contribution < -0.4 is 16.2 Å². The van der Waals surface area contributed by atoms with Crippen LogP contribution >= 0.6 is 11.6 Å². The molecule has 0 radical (unpaired) electrons. The van der Waals surface area contributed by atoms with Crippen molar-refractivity contribution in [1.29, 1.82) is 0 Å². The quantitative estimate of drug-likeness (QED) is 0.348. The zero-order valence-corrected chi connectivity index (χ0v) is 19.6. The zero-order valence-electron chi connectivity index (χ0n) is 18.8. The van der Waals surface area contributed by atoms with Crippen molar-refractivity contribution in [2.24, 2.45) is 0 Å². The highest BCUT2D eigenvalue weighted by atomic mass is 35.5. The number of imidazole rings is 1. The Balaban J connectivity index is 1.57. The van der Waals surface area contributed by atoms with Gasteiger partial charge in [0.2, 0.25) is 5.28 Å². The Morgan fingerprint density at radius 1 is 1.11 bits per heavy atom. The molecular weight excluding hydrogens is 468 g/mol. The highest BCUT2D eigenvalue weighted by Crippen LogP contribution is 2.29. The average Bonchev–Trinajstić information content (AvgIpc) is 3.43. The van der Waals surface area contributed by atoms with E-state index in [1.54, 1.807) is 40.7 Å². The molecule has 4 aromatic rings. The third kappa shape index (κ3) is 4.20. The number of hydrogen-bond acceptors (Lipinski definition) is 6. The molecule has 10 heteroatoms. The third-order valence-corrected chi connectivity index (χ3v) is 6.00. The normalized spacial score (nSPS) is 15.1. The molecule has 9 nitrogen and oxygen atoms in total. The molecule has 2 aromatic carbocycles. The summed E-state index contributed by atoms with van der Waals surface area (Å²) in [5.41, 5.74) is 7.10. The number of rotatable bonds is 4. The summed E-state index contributed by atoms with van der Waals surface area (Å²) in [7, 11) is 0. The van der Waals surface area contributed by atoms with E-state index in [4.69, 9.17) is 22.1 Å². The molecule has 0 unspecified atom stereocenters. The summed E-state index contributed by atoms with van der Waals surface area (Å²) >= 11 is 6.10. The van der Waals surface area contributed by atoms with Crippen LogP contribution in [0, 0.1) is 11.8 Å². The lowest BCUT2D eigenvalue weighted by Gasteiger charge is -2.14. The fourth-order valence-electron chi connectivity index (χ4n) is 4.29. The van der Waals surface area contributed by atoms with Crippen LogP contribution in [0.5, 0.6) is 11.5 Å². The monoisotopic (exact) mass is 488 g/mol. The number of nitrogens with zero attached hydrogens (tertiary/aromatic N) is 5. The molecule has 2 aromatic heterocycles. The predicted molar refractivity (Wildman–Crippen MR) is 133 cm³/mol. The minimum Gasteiger partial charge on any atom is -0.457 e. The first kappa shape index (κ1) is 22.5. The number of nitrogen functional groups attached to an aromatic ring is 1. The molecule has 0 bridgehead atoms. The minimum atomic E-state index is -0.346. The number of hydrogen-bond donors (Lipinski definition) is 1. The Morgan fingerprint density at radius 2 is 1.83 bits per heavy atom. The van der Waals surface area contributed by atoms with E-state index in [-0.39, 0.29) is 28.7 Å². The summed E-state index contributed by atoms with van der Waals surface area (Å²) in [6.07, 6.45) is 0.571. The van der Waals surface area contributed by atoms with E-state index in [2.05, 4.69) is 21.8 Å². The summed E-state index contributed by atoms with van der Waals surface area (Å²) in [4.78, 5) is 36.0. The number of amides is 1. The average molecular weight is 489 g/mol. The molecule has 0 aliphatic carbocycles. The van der Waals surface area contributed by atoms with Gasteiger partial charge in [0.15, 0.2) is 11.5 Å². The van der Waals surface area contributed by atoms with Gasteiger partial charge in [0.05, 0.1) is 11.7 Å². The fourth-order valence-corrected chi connectivity index (χ4v) is 4.46.